The van der Waals surface area contributed by atoms with Crippen molar-refractivity contribution in [3.63, 3.8) is 0 Å². The number of rotatable bonds is 2. The number of hydrogen-bond donors (Lipinski definition) is 2. The predicted octanol–water partition coefficient (Wildman–Crippen LogP) is 1.47. The minimum atomic E-state index is -1.22. The number of carboxylic acids is 1. The molecule has 3 N–H and O–H groups in total. The minimum Gasteiger partial charge on any atom is -0.480 e. The highest BCUT2D eigenvalue weighted by Gasteiger charge is 2.20. The molecule has 0 amide bonds. The van der Waals surface area contributed by atoms with Crippen LogP contribution in [0, 0.1) is 0 Å². The quantitative estimate of drug-likeness (QED) is 0.792. The summed E-state index contributed by atoms with van der Waals surface area (Å²) in [6.07, 6.45) is 2.59. The molecule has 1 rings (SSSR count). The summed E-state index contributed by atoms with van der Waals surface area (Å²) in [7, 11) is 0. The molecule has 0 aromatic carbocycles. The Morgan fingerprint density at radius 3 is 2.31 bits per heavy atom. The van der Waals surface area contributed by atoms with Crippen LogP contribution in [0.4, 0.5) is 0 Å². The fraction of sp³-hybridized carbons (Fsp3) is 0.143. The van der Waals surface area contributed by atoms with Crippen molar-refractivity contribution >= 4 is 29.2 Å². The third-order valence-corrected chi connectivity index (χ3v) is 2.07. The summed E-state index contributed by atoms with van der Waals surface area (Å²) >= 11 is 11.4. The zero-order valence-electron chi connectivity index (χ0n) is 6.37. The Balaban J connectivity index is 3.20. The monoisotopic (exact) mass is 220 g/mol. The first-order valence-corrected chi connectivity index (χ1v) is 4.07. The van der Waals surface area contributed by atoms with Gasteiger partial charge in [0, 0.05) is 18.0 Å². The number of aliphatic carboxylic acids is 1. The fourth-order valence-electron chi connectivity index (χ4n) is 0.842. The van der Waals surface area contributed by atoms with Crippen LogP contribution in [0.3, 0.4) is 0 Å². The number of nitrogens with zero attached hydrogens (tertiary/aromatic N) is 1. The van der Waals surface area contributed by atoms with Gasteiger partial charge in [0.25, 0.3) is 0 Å². The summed E-state index contributed by atoms with van der Waals surface area (Å²) in [5.74, 6) is -1.19. The molecule has 0 bridgehead atoms. The van der Waals surface area contributed by atoms with Crippen molar-refractivity contribution in [1.29, 1.82) is 0 Å². The van der Waals surface area contributed by atoms with Crippen molar-refractivity contribution in [1.82, 2.24) is 4.98 Å². The Bertz CT molecular complexity index is 323. The van der Waals surface area contributed by atoms with Gasteiger partial charge in [-0.1, -0.05) is 23.2 Å². The third kappa shape index (κ3) is 2.09. The molecule has 6 heteroatoms. The molecule has 0 unspecified atom stereocenters. The van der Waals surface area contributed by atoms with Crippen LogP contribution in [0.15, 0.2) is 12.4 Å². The SMILES string of the molecule is N[C@H](C(=O)O)c1c(Cl)cncc1Cl. The van der Waals surface area contributed by atoms with E-state index in [0.717, 1.165) is 0 Å². The molecule has 0 saturated carbocycles. The van der Waals surface area contributed by atoms with Crippen molar-refractivity contribution in [2.24, 2.45) is 5.73 Å². The van der Waals surface area contributed by atoms with Gasteiger partial charge in [-0.25, -0.2) is 0 Å². The number of pyridine rings is 1. The first kappa shape index (κ1) is 10.2. The number of nitrogens with two attached hydrogens (primary N) is 1. The van der Waals surface area contributed by atoms with Crippen LogP contribution in [0.25, 0.3) is 0 Å². The lowest BCUT2D eigenvalue weighted by Gasteiger charge is -2.09. The van der Waals surface area contributed by atoms with Crippen LogP contribution in [0.2, 0.25) is 10.0 Å². The molecule has 1 heterocycles. The highest BCUT2D eigenvalue weighted by molar-refractivity contribution is 6.36. The maximum Gasteiger partial charge on any atom is 0.325 e. The Morgan fingerprint density at radius 2 is 1.92 bits per heavy atom. The Hall–Kier alpha value is -0.840. The highest BCUT2D eigenvalue weighted by atomic mass is 35.5. The van der Waals surface area contributed by atoms with Crippen molar-refractivity contribution in [3.8, 4) is 0 Å². The number of carbonyl (C=O) groups is 1. The van der Waals surface area contributed by atoms with Crippen molar-refractivity contribution < 1.29 is 9.90 Å². The number of aromatic nitrogens is 1. The van der Waals surface area contributed by atoms with Gasteiger partial charge in [-0.15, -0.1) is 0 Å². The predicted molar refractivity (Wildman–Crippen MR) is 48.8 cm³/mol. The Kier molecular flexibility index (Phi) is 3.08. The molecule has 1 aromatic heterocycles. The normalized spacial score (nSPS) is 12.5. The molecule has 0 radical (unpaired) electrons. The smallest absolute Gasteiger partial charge is 0.325 e. The van der Waals surface area contributed by atoms with Gasteiger partial charge < -0.3 is 10.8 Å². The van der Waals surface area contributed by atoms with Gasteiger partial charge in [0.2, 0.25) is 0 Å². The molecule has 0 saturated heterocycles. The van der Waals surface area contributed by atoms with Crippen LogP contribution in [-0.2, 0) is 4.79 Å². The van der Waals surface area contributed by atoms with Gasteiger partial charge in [0.1, 0.15) is 6.04 Å². The maximum absolute atomic E-state index is 10.5. The van der Waals surface area contributed by atoms with Crippen LogP contribution in [0.5, 0.6) is 0 Å². The second kappa shape index (κ2) is 3.91. The van der Waals surface area contributed by atoms with Crippen molar-refractivity contribution in [2.45, 2.75) is 6.04 Å². The summed E-state index contributed by atoms with van der Waals surface area (Å²) in [5, 5.41) is 8.93. The molecule has 1 atom stereocenters. The first-order valence-electron chi connectivity index (χ1n) is 3.31. The average molecular weight is 221 g/mol. The summed E-state index contributed by atoms with van der Waals surface area (Å²) in [6, 6.07) is -1.22. The van der Waals surface area contributed by atoms with E-state index in [1.165, 1.54) is 12.4 Å². The maximum atomic E-state index is 10.5. The molecule has 0 spiro atoms. The van der Waals surface area contributed by atoms with Crippen LogP contribution >= 0.6 is 23.2 Å². The van der Waals surface area contributed by atoms with Gasteiger partial charge in [-0.3, -0.25) is 9.78 Å². The molecule has 13 heavy (non-hydrogen) atoms. The van der Waals surface area contributed by atoms with Crippen LogP contribution in [0.1, 0.15) is 11.6 Å². The lowest BCUT2D eigenvalue weighted by molar-refractivity contribution is -0.138. The van der Waals surface area contributed by atoms with Gasteiger partial charge >= 0.3 is 5.97 Å². The van der Waals surface area contributed by atoms with E-state index in [9.17, 15) is 4.79 Å². The molecule has 4 nitrogen and oxygen atoms in total. The molecular weight excluding hydrogens is 215 g/mol. The minimum absolute atomic E-state index is 0.155. The zero-order chi connectivity index (χ0) is 10.0. The van der Waals surface area contributed by atoms with Gasteiger partial charge in [-0.2, -0.15) is 0 Å². The Morgan fingerprint density at radius 1 is 1.46 bits per heavy atom. The highest BCUT2D eigenvalue weighted by Crippen LogP contribution is 2.27. The van der Waals surface area contributed by atoms with Gasteiger partial charge in [-0.05, 0) is 0 Å². The van der Waals surface area contributed by atoms with E-state index >= 15 is 0 Å². The van der Waals surface area contributed by atoms with Gasteiger partial charge in [0.05, 0.1) is 10.0 Å². The molecule has 0 aliphatic heterocycles. The number of halogens is 2. The van der Waals surface area contributed by atoms with E-state index in [-0.39, 0.29) is 15.6 Å². The largest absolute Gasteiger partial charge is 0.480 e. The lowest BCUT2D eigenvalue weighted by atomic mass is 10.1. The third-order valence-electron chi connectivity index (χ3n) is 1.47. The molecule has 0 aliphatic carbocycles. The standard InChI is InChI=1S/C7H6Cl2N2O2/c8-3-1-11-2-4(9)5(3)6(10)7(12)13/h1-2,6H,10H2,(H,12,13)/t6-/m0/s1. The summed E-state index contributed by atoms with van der Waals surface area (Å²) in [5.41, 5.74) is 5.53. The van der Waals surface area contributed by atoms with Gasteiger partial charge in [0.15, 0.2) is 0 Å². The molecule has 0 aliphatic rings. The van der Waals surface area contributed by atoms with E-state index < -0.39 is 12.0 Å². The molecule has 0 fully saturated rings. The van der Waals surface area contributed by atoms with E-state index in [1.807, 2.05) is 0 Å². The second-order valence-corrected chi connectivity index (χ2v) is 3.15. The lowest BCUT2D eigenvalue weighted by Crippen LogP contribution is -2.21. The van der Waals surface area contributed by atoms with Crippen molar-refractivity contribution in [3.05, 3.63) is 28.0 Å². The zero-order valence-corrected chi connectivity index (χ0v) is 7.88. The number of hydrogen-bond acceptors (Lipinski definition) is 3. The topological polar surface area (TPSA) is 76.2 Å². The second-order valence-electron chi connectivity index (χ2n) is 2.33. The molecule has 70 valence electrons. The molecule has 1 aromatic rings. The fourth-order valence-corrected chi connectivity index (χ4v) is 1.44. The first-order chi connectivity index (χ1) is 6.04. The van der Waals surface area contributed by atoms with E-state index in [2.05, 4.69) is 4.98 Å². The van der Waals surface area contributed by atoms with Crippen molar-refractivity contribution in [2.75, 3.05) is 0 Å². The van der Waals surface area contributed by atoms with Crippen LogP contribution < -0.4 is 5.73 Å². The summed E-state index contributed by atoms with van der Waals surface area (Å²) in [4.78, 5) is 14.2. The van der Waals surface area contributed by atoms with E-state index in [1.54, 1.807) is 0 Å². The summed E-state index contributed by atoms with van der Waals surface area (Å²) in [6.45, 7) is 0. The van der Waals surface area contributed by atoms with Crippen LogP contribution in [-0.4, -0.2) is 16.1 Å². The Labute approximate surface area is 84.3 Å². The van der Waals surface area contributed by atoms with E-state index in [4.69, 9.17) is 34.0 Å². The molecular formula is C7H6Cl2N2O2. The average Bonchev–Trinajstić information content (AvgIpc) is 2.03. The summed E-state index contributed by atoms with van der Waals surface area (Å²) < 4.78 is 0. The van der Waals surface area contributed by atoms with E-state index in [0.29, 0.717) is 0 Å². The number of carboxylic acid groups (broad SMARTS) is 1.